The molecule has 2 heterocycles. The predicted molar refractivity (Wildman–Crippen MR) is 117 cm³/mol. The Labute approximate surface area is 184 Å². The highest BCUT2D eigenvalue weighted by atomic mass is 31.2. The van der Waals surface area contributed by atoms with E-state index in [9.17, 15) is 9.46 Å². The normalized spacial score (nSPS) is 36.5. The Morgan fingerprint density at radius 3 is 2.03 bits per heavy atom. The molecule has 2 fully saturated rings. The van der Waals surface area contributed by atoms with Crippen LogP contribution in [0.2, 0.25) is 0 Å². The summed E-state index contributed by atoms with van der Waals surface area (Å²) in [5.74, 6) is 0. The highest BCUT2D eigenvalue weighted by molar-refractivity contribution is 7.54. The Bertz CT molecular complexity index is 602. The Balaban J connectivity index is 2.08. The first-order valence-corrected chi connectivity index (χ1v) is 12.5. The maximum Gasteiger partial charge on any atom is 0.359 e. The molecule has 0 saturated carbocycles. The maximum absolute atomic E-state index is 13.3. The summed E-state index contributed by atoms with van der Waals surface area (Å²) in [7, 11) is 7.64. The molecule has 0 spiro atoms. The molecule has 4 radical (unpaired) electrons. The molecular weight excluding hydrogens is 405 g/mol. The van der Waals surface area contributed by atoms with E-state index in [4.69, 9.17) is 39.2 Å². The molecule has 0 amide bonds. The van der Waals surface area contributed by atoms with Gasteiger partial charge in [0, 0.05) is 12.0 Å². The summed E-state index contributed by atoms with van der Waals surface area (Å²) in [5, 5.41) is -1.38. The van der Waals surface area contributed by atoms with Gasteiger partial charge < -0.3 is 28.4 Å². The van der Waals surface area contributed by atoms with Gasteiger partial charge in [-0.25, -0.2) is 0 Å². The third-order valence-corrected chi connectivity index (χ3v) is 7.52. The first-order valence-electron chi connectivity index (χ1n) is 11.0. The van der Waals surface area contributed by atoms with Crippen molar-refractivity contribution < 1.29 is 32.9 Å². The molecule has 0 aromatic carbocycles. The van der Waals surface area contributed by atoms with E-state index in [0.29, 0.717) is 32.1 Å². The minimum Gasteiger partial charge on any atom is -0.382 e. The van der Waals surface area contributed by atoms with E-state index < -0.39 is 36.6 Å². The van der Waals surface area contributed by atoms with E-state index in [1.165, 1.54) is 0 Å². The van der Waals surface area contributed by atoms with Gasteiger partial charge in [-0.3, -0.25) is 4.57 Å². The van der Waals surface area contributed by atoms with E-state index >= 15 is 0 Å². The van der Waals surface area contributed by atoms with E-state index in [-0.39, 0.29) is 24.9 Å². The fourth-order valence-electron chi connectivity index (χ4n) is 4.07. The van der Waals surface area contributed by atoms with Crippen LogP contribution in [-0.2, 0) is 28.0 Å². The van der Waals surface area contributed by atoms with Crippen molar-refractivity contribution in [1.82, 2.24) is 0 Å². The third-order valence-electron chi connectivity index (χ3n) is 5.50. The summed E-state index contributed by atoms with van der Waals surface area (Å²) in [5.41, 5.74) is -0.393. The van der Waals surface area contributed by atoms with Crippen LogP contribution in [0, 0.1) is 0 Å². The van der Waals surface area contributed by atoms with E-state index in [2.05, 4.69) is 0 Å². The second-order valence-corrected chi connectivity index (χ2v) is 11.7. The van der Waals surface area contributed by atoms with Crippen molar-refractivity contribution in [3.63, 3.8) is 0 Å². The smallest absolute Gasteiger partial charge is 0.359 e. The lowest BCUT2D eigenvalue weighted by Crippen LogP contribution is -2.39. The lowest BCUT2D eigenvalue weighted by molar-refractivity contribution is -0.103. The zero-order valence-corrected chi connectivity index (χ0v) is 20.1. The van der Waals surface area contributed by atoms with Crippen molar-refractivity contribution in [3.05, 3.63) is 0 Å². The monoisotopic (exact) mass is 442 g/mol. The van der Waals surface area contributed by atoms with Crippen LogP contribution in [0.1, 0.15) is 73.6 Å². The fraction of sp³-hybridized carbons (Fsp3) is 1.00. The molecule has 10 heteroatoms. The van der Waals surface area contributed by atoms with Crippen molar-refractivity contribution in [2.24, 2.45) is 0 Å². The first-order chi connectivity index (χ1) is 13.8. The predicted octanol–water partition coefficient (Wildman–Crippen LogP) is 3.25. The average Bonchev–Trinajstić information content (AvgIpc) is 3.12. The topological polar surface area (TPSA) is 83.5 Å². The highest BCUT2D eigenvalue weighted by Crippen LogP contribution is 2.59. The van der Waals surface area contributed by atoms with Gasteiger partial charge in [0.15, 0.2) is 5.34 Å². The van der Waals surface area contributed by atoms with Gasteiger partial charge in [0.1, 0.15) is 21.8 Å². The van der Waals surface area contributed by atoms with Crippen LogP contribution >= 0.6 is 7.60 Å². The van der Waals surface area contributed by atoms with Crippen LogP contribution in [0.5, 0.6) is 0 Å². The van der Waals surface area contributed by atoms with Gasteiger partial charge in [0.2, 0.25) is 0 Å². The Morgan fingerprint density at radius 1 is 1.00 bits per heavy atom. The van der Waals surface area contributed by atoms with Gasteiger partial charge in [0.25, 0.3) is 0 Å². The molecule has 8 atom stereocenters. The molecule has 7 nitrogen and oxygen atoms in total. The third kappa shape index (κ3) is 6.81. The molecule has 30 heavy (non-hydrogen) atoms. The molecule has 1 N–H and O–H groups in total. The lowest BCUT2D eigenvalue weighted by atomic mass is 9.95. The zero-order valence-electron chi connectivity index (χ0n) is 19.2. The van der Waals surface area contributed by atoms with E-state index in [1.807, 2.05) is 34.6 Å². The van der Waals surface area contributed by atoms with Gasteiger partial charge >= 0.3 is 7.60 Å². The maximum atomic E-state index is 13.3. The van der Waals surface area contributed by atoms with E-state index in [1.54, 1.807) is 6.92 Å². The molecule has 2 rings (SSSR count). The van der Waals surface area contributed by atoms with Gasteiger partial charge in [0.05, 0.1) is 30.5 Å². The standard InChI is InChI=1S/C20H37B2O7P/c1-7-9-20(6,29-14-10-17(21)26-13(14)8-2)30(23,24)25-12-16-15(11-18(22)27-16)28-19(3,4)5/h13-18H,7-12H2,1-6H3,(H,23,24). The summed E-state index contributed by atoms with van der Waals surface area (Å²) in [4.78, 5) is 10.9. The van der Waals surface area contributed by atoms with Gasteiger partial charge in [-0.05, 0) is 53.4 Å². The second kappa shape index (κ2) is 10.4. The first kappa shape index (κ1) is 26.4. The Kier molecular flexibility index (Phi) is 9.12. The van der Waals surface area contributed by atoms with Crippen molar-refractivity contribution >= 4 is 23.3 Å². The SMILES string of the molecule is [B]C1CC(OC(C)(C)C)C(COP(=O)(O)C(C)(CCC)OC2CC([B])OC2CC)O1. The van der Waals surface area contributed by atoms with Crippen LogP contribution in [0.15, 0.2) is 0 Å². The van der Waals surface area contributed by atoms with Crippen LogP contribution < -0.4 is 0 Å². The molecule has 2 saturated heterocycles. The molecule has 0 bridgehead atoms. The molecule has 0 aromatic rings. The zero-order chi connectivity index (χ0) is 22.7. The van der Waals surface area contributed by atoms with Crippen molar-refractivity contribution in [2.45, 2.75) is 121 Å². The van der Waals surface area contributed by atoms with Crippen LogP contribution in [0.25, 0.3) is 0 Å². The number of hydrogen-bond donors (Lipinski definition) is 1. The fourth-order valence-corrected chi connectivity index (χ4v) is 5.47. The minimum absolute atomic E-state index is 0.108. The number of ether oxygens (including phenoxy) is 4. The summed E-state index contributed by atoms with van der Waals surface area (Å²) < 4.78 is 42.5. The van der Waals surface area contributed by atoms with E-state index in [0.717, 1.165) is 0 Å². The van der Waals surface area contributed by atoms with Crippen molar-refractivity contribution in [3.8, 4) is 0 Å². The van der Waals surface area contributed by atoms with Crippen LogP contribution in [-0.4, -0.2) is 74.6 Å². The summed E-state index contributed by atoms with van der Waals surface area (Å²) in [6.45, 7) is 11.2. The Hall–Kier alpha value is 0.120. The highest BCUT2D eigenvalue weighted by Gasteiger charge is 2.50. The van der Waals surface area contributed by atoms with Gasteiger partial charge in [-0.15, -0.1) is 0 Å². The molecule has 170 valence electrons. The second-order valence-electron chi connectivity index (χ2n) is 9.47. The minimum atomic E-state index is -4.19. The van der Waals surface area contributed by atoms with Crippen molar-refractivity contribution in [1.29, 1.82) is 0 Å². The molecule has 0 aromatic heterocycles. The summed E-state index contributed by atoms with van der Waals surface area (Å²) in [6.07, 6.45) is 1.27. The summed E-state index contributed by atoms with van der Waals surface area (Å²) in [6, 6.07) is -0.932. The quantitative estimate of drug-likeness (QED) is 0.411. The Morgan fingerprint density at radius 2 is 1.53 bits per heavy atom. The molecule has 8 unspecified atom stereocenters. The van der Waals surface area contributed by atoms with Crippen molar-refractivity contribution in [2.75, 3.05) is 6.61 Å². The summed E-state index contributed by atoms with van der Waals surface area (Å²) >= 11 is 0. The number of hydrogen-bond acceptors (Lipinski definition) is 6. The largest absolute Gasteiger partial charge is 0.382 e. The number of rotatable bonds is 10. The molecule has 2 aliphatic rings. The lowest BCUT2D eigenvalue weighted by Gasteiger charge is -2.37. The molecule has 2 aliphatic heterocycles. The average molecular weight is 442 g/mol. The van der Waals surface area contributed by atoms with Crippen LogP contribution in [0.4, 0.5) is 0 Å². The van der Waals surface area contributed by atoms with Gasteiger partial charge in [-0.1, -0.05) is 20.3 Å². The van der Waals surface area contributed by atoms with Gasteiger partial charge in [-0.2, -0.15) is 0 Å². The molecule has 0 aliphatic carbocycles. The molecular formula is C20H37B2O7P. The van der Waals surface area contributed by atoms with Crippen LogP contribution in [0.3, 0.4) is 0 Å².